The van der Waals surface area contributed by atoms with Gasteiger partial charge in [0.05, 0.1) is 17.4 Å². The summed E-state index contributed by atoms with van der Waals surface area (Å²) in [5, 5.41) is 12.2. The smallest absolute Gasteiger partial charge is 0.256 e. The Bertz CT molecular complexity index is 686. The molecule has 0 bridgehead atoms. The average molecular weight is 334 g/mol. The minimum atomic E-state index is -0.698. The van der Waals surface area contributed by atoms with Crippen LogP contribution in [0, 0.1) is 12.7 Å². The van der Waals surface area contributed by atoms with E-state index in [0.717, 1.165) is 18.5 Å². The van der Waals surface area contributed by atoms with E-state index < -0.39 is 6.10 Å². The van der Waals surface area contributed by atoms with Gasteiger partial charge in [-0.3, -0.25) is 4.79 Å². The van der Waals surface area contributed by atoms with Crippen LogP contribution in [0.5, 0.6) is 0 Å². The molecule has 1 amide bonds. The van der Waals surface area contributed by atoms with Crippen molar-refractivity contribution < 1.29 is 14.3 Å². The summed E-state index contributed by atoms with van der Waals surface area (Å²) < 4.78 is 17.1. The molecule has 0 saturated carbocycles. The molecule has 4 nitrogen and oxygen atoms in total. The highest BCUT2D eigenvalue weighted by atomic mass is 32.1. The van der Waals surface area contributed by atoms with Crippen molar-refractivity contribution >= 4 is 17.4 Å². The molecule has 1 N–H and O–H groups in total. The van der Waals surface area contributed by atoms with Gasteiger partial charge in [-0.15, -0.1) is 0 Å². The highest BCUT2D eigenvalue weighted by Gasteiger charge is 2.32. The minimum absolute atomic E-state index is 0.00172. The predicted octanol–water partition coefficient (Wildman–Crippen LogP) is 3.32. The van der Waals surface area contributed by atoms with E-state index in [0.29, 0.717) is 24.1 Å². The lowest BCUT2D eigenvalue weighted by Crippen LogP contribution is -2.36. The van der Waals surface area contributed by atoms with E-state index >= 15 is 0 Å². The van der Waals surface area contributed by atoms with Gasteiger partial charge in [0.2, 0.25) is 0 Å². The second-order valence-corrected chi connectivity index (χ2v) is 6.54. The maximum atomic E-state index is 13.0. The van der Waals surface area contributed by atoms with Crippen molar-refractivity contribution in [1.29, 1.82) is 0 Å². The summed E-state index contributed by atoms with van der Waals surface area (Å²) in [6.45, 7) is 2.54. The summed E-state index contributed by atoms with van der Waals surface area (Å²) in [6, 6.07) is 5.87. The molecule has 23 heavy (non-hydrogen) atoms. The summed E-state index contributed by atoms with van der Waals surface area (Å²) >= 11 is 1.28. The van der Waals surface area contributed by atoms with Gasteiger partial charge in [0, 0.05) is 18.0 Å². The summed E-state index contributed by atoms with van der Waals surface area (Å²) in [5.41, 5.74) is 2.09. The quantitative estimate of drug-likeness (QED) is 0.933. The molecule has 0 spiro atoms. The molecule has 0 radical (unpaired) electrons. The SMILES string of the molecule is Cc1nscc1C(=O)N1CCCC1CC(O)c1ccc(F)cc1. The first-order chi connectivity index (χ1) is 11.1. The number of amides is 1. The molecule has 122 valence electrons. The molecule has 3 rings (SSSR count). The van der Waals surface area contributed by atoms with Gasteiger partial charge >= 0.3 is 0 Å². The topological polar surface area (TPSA) is 53.4 Å². The van der Waals surface area contributed by atoms with Crippen molar-refractivity contribution in [2.75, 3.05) is 6.54 Å². The summed E-state index contributed by atoms with van der Waals surface area (Å²) in [5.74, 6) is -0.330. The van der Waals surface area contributed by atoms with Gasteiger partial charge in [-0.1, -0.05) is 12.1 Å². The number of carbonyl (C=O) groups excluding carboxylic acids is 1. The number of halogens is 1. The van der Waals surface area contributed by atoms with Gasteiger partial charge in [-0.05, 0) is 55.4 Å². The number of aromatic nitrogens is 1. The van der Waals surface area contributed by atoms with E-state index in [1.54, 1.807) is 17.5 Å². The lowest BCUT2D eigenvalue weighted by molar-refractivity contribution is 0.0666. The molecule has 0 aliphatic carbocycles. The van der Waals surface area contributed by atoms with Gasteiger partial charge in [-0.2, -0.15) is 4.37 Å². The number of likely N-dealkylation sites (tertiary alicyclic amines) is 1. The number of hydrogen-bond acceptors (Lipinski definition) is 4. The van der Waals surface area contributed by atoms with Gasteiger partial charge in [0.1, 0.15) is 5.82 Å². The van der Waals surface area contributed by atoms with Crippen molar-refractivity contribution in [3.05, 3.63) is 52.3 Å². The number of rotatable bonds is 4. The predicted molar refractivity (Wildman–Crippen MR) is 86.9 cm³/mol. The Kier molecular flexibility index (Phi) is 4.73. The molecule has 2 heterocycles. The Labute approximate surface area is 138 Å². The Morgan fingerprint density at radius 1 is 1.48 bits per heavy atom. The third-order valence-electron chi connectivity index (χ3n) is 4.37. The lowest BCUT2D eigenvalue weighted by atomic mass is 10.00. The maximum absolute atomic E-state index is 13.0. The second kappa shape index (κ2) is 6.76. The number of aliphatic hydroxyl groups is 1. The zero-order chi connectivity index (χ0) is 16.4. The van der Waals surface area contributed by atoms with Crippen LogP contribution in [-0.2, 0) is 0 Å². The first-order valence-electron chi connectivity index (χ1n) is 7.71. The molecule has 1 aromatic carbocycles. The zero-order valence-corrected chi connectivity index (χ0v) is 13.7. The van der Waals surface area contributed by atoms with E-state index in [4.69, 9.17) is 0 Å². The Hall–Kier alpha value is -1.79. The van der Waals surface area contributed by atoms with Crippen molar-refractivity contribution in [3.8, 4) is 0 Å². The number of hydrogen-bond donors (Lipinski definition) is 1. The van der Waals surface area contributed by atoms with Crippen LogP contribution < -0.4 is 0 Å². The molecular weight excluding hydrogens is 315 g/mol. The molecule has 2 atom stereocenters. The number of carbonyl (C=O) groups is 1. The van der Waals surface area contributed by atoms with Crippen LogP contribution in [0.2, 0.25) is 0 Å². The summed E-state index contributed by atoms with van der Waals surface area (Å²) in [7, 11) is 0. The average Bonchev–Trinajstić information content (AvgIpc) is 3.16. The Balaban J connectivity index is 1.70. The van der Waals surface area contributed by atoms with Crippen LogP contribution in [0.15, 0.2) is 29.6 Å². The molecule has 1 fully saturated rings. The van der Waals surface area contributed by atoms with E-state index in [2.05, 4.69) is 4.37 Å². The monoisotopic (exact) mass is 334 g/mol. The van der Waals surface area contributed by atoms with Crippen molar-refractivity contribution in [2.45, 2.75) is 38.3 Å². The largest absolute Gasteiger partial charge is 0.388 e. The standard InChI is InChI=1S/C17H19FN2O2S/c1-11-15(10-23-19-11)17(22)20-8-2-3-14(20)9-16(21)12-4-6-13(18)7-5-12/h4-7,10,14,16,21H,2-3,8-9H2,1H3. The fourth-order valence-corrected chi connectivity index (χ4v) is 3.77. The zero-order valence-electron chi connectivity index (χ0n) is 12.9. The van der Waals surface area contributed by atoms with E-state index in [1.807, 2.05) is 11.8 Å². The minimum Gasteiger partial charge on any atom is -0.388 e. The van der Waals surface area contributed by atoms with Crippen LogP contribution in [0.25, 0.3) is 0 Å². The number of aliphatic hydroxyl groups excluding tert-OH is 1. The van der Waals surface area contributed by atoms with Crippen LogP contribution in [0.4, 0.5) is 4.39 Å². The van der Waals surface area contributed by atoms with Crippen molar-refractivity contribution in [1.82, 2.24) is 9.27 Å². The first kappa shape index (κ1) is 16.1. The number of aryl methyl sites for hydroxylation is 1. The highest BCUT2D eigenvalue weighted by molar-refractivity contribution is 7.03. The van der Waals surface area contributed by atoms with E-state index in [-0.39, 0.29) is 17.8 Å². The summed E-state index contributed by atoms with van der Waals surface area (Å²) in [4.78, 5) is 14.5. The van der Waals surface area contributed by atoms with Gasteiger partial charge in [-0.25, -0.2) is 4.39 Å². The first-order valence-corrected chi connectivity index (χ1v) is 8.55. The molecule has 1 saturated heterocycles. The maximum Gasteiger partial charge on any atom is 0.256 e. The third kappa shape index (κ3) is 3.43. The summed E-state index contributed by atoms with van der Waals surface area (Å²) in [6.07, 6.45) is 1.58. The molecule has 2 unspecified atom stereocenters. The van der Waals surface area contributed by atoms with E-state index in [1.165, 1.54) is 23.7 Å². The van der Waals surface area contributed by atoms with Crippen molar-refractivity contribution in [3.63, 3.8) is 0 Å². The Morgan fingerprint density at radius 2 is 2.22 bits per heavy atom. The van der Waals surface area contributed by atoms with Crippen molar-refractivity contribution in [2.24, 2.45) is 0 Å². The van der Waals surface area contributed by atoms with Crippen LogP contribution in [0.3, 0.4) is 0 Å². The molecule has 6 heteroatoms. The molecular formula is C17H19FN2O2S. The number of nitrogens with zero attached hydrogens (tertiary/aromatic N) is 2. The highest BCUT2D eigenvalue weighted by Crippen LogP contribution is 2.29. The molecule has 1 aliphatic rings. The second-order valence-electron chi connectivity index (χ2n) is 5.91. The van der Waals surface area contributed by atoms with Gasteiger partial charge in [0.15, 0.2) is 0 Å². The van der Waals surface area contributed by atoms with E-state index in [9.17, 15) is 14.3 Å². The fraction of sp³-hybridized carbons (Fsp3) is 0.412. The Morgan fingerprint density at radius 3 is 2.87 bits per heavy atom. The molecule has 1 aliphatic heterocycles. The van der Waals surface area contributed by atoms with Gasteiger partial charge in [0.25, 0.3) is 5.91 Å². The fourth-order valence-electron chi connectivity index (χ4n) is 3.08. The molecule has 2 aromatic rings. The van der Waals surface area contributed by atoms with Gasteiger partial charge < -0.3 is 10.0 Å². The third-order valence-corrected chi connectivity index (χ3v) is 5.09. The lowest BCUT2D eigenvalue weighted by Gasteiger charge is -2.26. The number of benzene rings is 1. The van der Waals surface area contributed by atoms with Crippen LogP contribution in [-0.4, -0.2) is 32.9 Å². The molecule has 1 aromatic heterocycles. The van der Waals surface area contributed by atoms with Crippen LogP contribution >= 0.6 is 11.5 Å². The van der Waals surface area contributed by atoms with Crippen LogP contribution in [0.1, 0.15) is 47.0 Å². The normalized spacial score (nSPS) is 19.1.